The summed E-state index contributed by atoms with van der Waals surface area (Å²) in [5, 5.41) is 0. The molecule has 0 N–H and O–H groups in total. The number of hydrogen-bond donors (Lipinski definition) is 0. The van der Waals surface area contributed by atoms with Gasteiger partial charge in [0.1, 0.15) is 10.7 Å². The third-order valence-corrected chi connectivity index (χ3v) is 6.57. The van der Waals surface area contributed by atoms with Crippen molar-refractivity contribution in [3.63, 3.8) is 0 Å². The van der Waals surface area contributed by atoms with Gasteiger partial charge < -0.3 is 4.57 Å². The molecule has 1 unspecified atom stereocenters. The van der Waals surface area contributed by atoms with Crippen LogP contribution in [0.15, 0.2) is 65.7 Å². The molecule has 2 aromatic carbocycles. The van der Waals surface area contributed by atoms with Crippen LogP contribution in [-0.4, -0.2) is 23.8 Å². The van der Waals surface area contributed by atoms with Gasteiger partial charge in [-0.3, -0.25) is 0 Å². The number of hydrogen-bond acceptors (Lipinski definition) is 2. The summed E-state index contributed by atoms with van der Waals surface area (Å²) in [7, 11) is -4.20. The fraction of sp³-hybridized carbons (Fsp3) is 0.158. The average Bonchev–Trinajstić information content (AvgIpc) is 3.12. The van der Waals surface area contributed by atoms with E-state index in [1.807, 2.05) is 4.57 Å². The Morgan fingerprint density at radius 1 is 0.852 bits per heavy atom. The van der Waals surface area contributed by atoms with E-state index in [2.05, 4.69) is 0 Å². The Labute approximate surface area is 154 Å². The van der Waals surface area contributed by atoms with Crippen LogP contribution in [-0.2, 0) is 16.6 Å². The van der Waals surface area contributed by atoms with Gasteiger partial charge in [-0.25, -0.2) is 21.6 Å². The summed E-state index contributed by atoms with van der Waals surface area (Å²) in [5.74, 6) is -2.95. The first-order chi connectivity index (χ1) is 12.9. The highest BCUT2D eigenvalue weighted by atomic mass is 32.2. The highest BCUT2D eigenvalue weighted by Gasteiger charge is 2.38. The van der Waals surface area contributed by atoms with Gasteiger partial charge in [-0.2, -0.15) is 4.31 Å². The molecule has 0 radical (unpaired) electrons. The lowest BCUT2D eigenvalue weighted by Crippen LogP contribution is -2.42. The molecule has 27 heavy (non-hydrogen) atoms. The van der Waals surface area contributed by atoms with Crippen molar-refractivity contribution in [1.82, 2.24) is 8.87 Å². The van der Waals surface area contributed by atoms with E-state index >= 15 is 0 Å². The number of halogens is 3. The molecule has 2 heterocycles. The predicted octanol–water partition coefficient (Wildman–Crippen LogP) is 3.70. The van der Waals surface area contributed by atoms with Crippen LogP contribution < -0.4 is 0 Å². The quantitative estimate of drug-likeness (QED) is 0.682. The van der Waals surface area contributed by atoms with E-state index in [0.29, 0.717) is 12.2 Å². The molecule has 140 valence electrons. The Balaban J connectivity index is 1.89. The Morgan fingerprint density at radius 3 is 2.37 bits per heavy atom. The van der Waals surface area contributed by atoms with Crippen LogP contribution in [0.1, 0.15) is 17.3 Å². The normalized spacial score (nSPS) is 17.7. The van der Waals surface area contributed by atoms with E-state index in [1.165, 1.54) is 24.3 Å². The molecule has 1 aliphatic rings. The lowest BCUT2D eigenvalue weighted by atomic mass is 10.0. The summed E-state index contributed by atoms with van der Waals surface area (Å²) >= 11 is 0. The fourth-order valence-electron chi connectivity index (χ4n) is 3.42. The van der Waals surface area contributed by atoms with Crippen molar-refractivity contribution in [2.24, 2.45) is 0 Å². The largest absolute Gasteiger partial charge is 0.348 e. The molecule has 0 fully saturated rings. The summed E-state index contributed by atoms with van der Waals surface area (Å²) in [5.41, 5.74) is 0.876. The second-order valence-electron chi connectivity index (χ2n) is 6.25. The smallest absolute Gasteiger partial charge is 0.246 e. The molecule has 0 amide bonds. The number of fused-ring (bicyclic) bond motifs is 1. The van der Waals surface area contributed by atoms with E-state index in [4.69, 9.17) is 0 Å². The van der Waals surface area contributed by atoms with Crippen molar-refractivity contribution < 1.29 is 21.6 Å². The van der Waals surface area contributed by atoms with E-state index in [0.717, 1.165) is 22.5 Å². The third-order valence-electron chi connectivity index (χ3n) is 4.68. The van der Waals surface area contributed by atoms with E-state index in [9.17, 15) is 21.6 Å². The molecule has 0 saturated carbocycles. The number of sulfonamides is 1. The SMILES string of the molecule is O=S(=O)(c1ccccc1F)N1CCn2cccc2C1c1ccc(F)c(F)c1. The molecule has 0 aliphatic carbocycles. The maximum Gasteiger partial charge on any atom is 0.246 e. The van der Waals surface area contributed by atoms with Crippen LogP contribution in [0.25, 0.3) is 0 Å². The minimum absolute atomic E-state index is 0.0714. The molecule has 0 spiro atoms. The molecule has 1 aliphatic heterocycles. The first-order valence-corrected chi connectivity index (χ1v) is 9.70. The Hall–Kier alpha value is -2.58. The molecule has 8 heteroatoms. The lowest BCUT2D eigenvalue weighted by molar-refractivity contribution is 0.296. The van der Waals surface area contributed by atoms with Crippen molar-refractivity contribution >= 4 is 10.0 Å². The summed E-state index contributed by atoms with van der Waals surface area (Å²) in [4.78, 5) is -0.447. The maximum absolute atomic E-state index is 14.2. The van der Waals surface area contributed by atoms with Crippen molar-refractivity contribution in [3.05, 3.63) is 89.5 Å². The number of benzene rings is 2. The van der Waals surface area contributed by atoms with Crippen molar-refractivity contribution in [1.29, 1.82) is 0 Å². The highest BCUT2D eigenvalue weighted by Crippen LogP contribution is 2.37. The molecular formula is C19H15F3N2O2S. The van der Waals surface area contributed by atoms with Gasteiger partial charge >= 0.3 is 0 Å². The van der Waals surface area contributed by atoms with Crippen LogP contribution in [0.2, 0.25) is 0 Å². The monoisotopic (exact) mass is 392 g/mol. The van der Waals surface area contributed by atoms with Gasteiger partial charge in [0, 0.05) is 25.0 Å². The van der Waals surface area contributed by atoms with Gasteiger partial charge in [0.05, 0.1) is 6.04 Å². The van der Waals surface area contributed by atoms with E-state index < -0.39 is 38.4 Å². The van der Waals surface area contributed by atoms with Crippen LogP contribution in [0.4, 0.5) is 13.2 Å². The predicted molar refractivity (Wildman–Crippen MR) is 92.9 cm³/mol. The number of aromatic nitrogens is 1. The number of rotatable bonds is 3. The van der Waals surface area contributed by atoms with Crippen LogP contribution >= 0.6 is 0 Å². The summed E-state index contributed by atoms with van der Waals surface area (Å²) < 4.78 is 70.8. The van der Waals surface area contributed by atoms with Crippen LogP contribution in [0, 0.1) is 17.5 Å². The minimum Gasteiger partial charge on any atom is -0.348 e. The van der Waals surface area contributed by atoms with Gasteiger partial charge in [0.15, 0.2) is 11.6 Å². The standard InChI is InChI=1S/C19H15F3N2O2S/c20-14-8-7-13(12-16(14)22)19-17-5-3-9-23(17)10-11-24(19)27(25,26)18-6-2-1-4-15(18)21/h1-9,12,19H,10-11H2. The molecule has 0 bridgehead atoms. The van der Waals surface area contributed by atoms with Crippen molar-refractivity contribution in [3.8, 4) is 0 Å². The zero-order chi connectivity index (χ0) is 19.2. The topological polar surface area (TPSA) is 42.3 Å². The zero-order valence-corrected chi connectivity index (χ0v) is 14.8. The van der Waals surface area contributed by atoms with E-state index in [1.54, 1.807) is 18.3 Å². The van der Waals surface area contributed by atoms with Gasteiger partial charge in [0.2, 0.25) is 10.0 Å². The molecule has 3 aromatic rings. The summed E-state index contributed by atoms with van der Waals surface area (Å²) in [6.45, 7) is 0.443. The first-order valence-electron chi connectivity index (χ1n) is 8.26. The van der Waals surface area contributed by atoms with Crippen molar-refractivity contribution in [2.75, 3.05) is 6.54 Å². The van der Waals surface area contributed by atoms with Gasteiger partial charge in [-0.05, 0) is 42.0 Å². The zero-order valence-electron chi connectivity index (χ0n) is 14.0. The third kappa shape index (κ3) is 2.94. The Bertz CT molecular complexity index is 1110. The summed E-state index contributed by atoms with van der Waals surface area (Å²) in [6.07, 6.45) is 1.79. The first kappa shape index (κ1) is 17.8. The fourth-order valence-corrected chi connectivity index (χ4v) is 5.07. The summed E-state index contributed by atoms with van der Waals surface area (Å²) in [6, 6.07) is 11.0. The maximum atomic E-state index is 14.2. The van der Waals surface area contributed by atoms with Crippen molar-refractivity contribution in [2.45, 2.75) is 17.5 Å². The molecule has 1 aromatic heterocycles. The second-order valence-corrected chi connectivity index (χ2v) is 8.11. The van der Waals surface area contributed by atoms with Gasteiger partial charge in [-0.1, -0.05) is 18.2 Å². The van der Waals surface area contributed by atoms with Gasteiger partial charge in [-0.15, -0.1) is 0 Å². The lowest BCUT2D eigenvalue weighted by Gasteiger charge is -2.36. The average molecular weight is 392 g/mol. The van der Waals surface area contributed by atoms with Crippen LogP contribution in [0.3, 0.4) is 0 Å². The number of nitrogens with zero attached hydrogens (tertiary/aromatic N) is 2. The second kappa shape index (κ2) is 6.54. The molecule has 0 saturated heterocycles. The molecular weight excluding hydrogens is 377 g/mol. The van der Waals surface area contributed by atoms with Gasteiger partial charge in [0.25, 0.3) is 0 Å². The highest BCUT2D eigenvalue weighted by molar-refractivity contribution is 7.89. The van der Waals surface area contributed by atoms with E-state index in [-0.39, 0.29) is 12.1 Å². The van der Waals surface area contributed by atoms with Crippen LogP contribution in [0.5, 0.6) is 0 Å². The minimum atomic E-state index is -4.20. The Morgan fingerprint density at radius 2 is 1.63 bits per heavy atom. The molecule has 1 atom stereocenters. The Kier molecular flexibility index (Phi) is 4.32. The molecule has 4 nitrogen and oxygen atoms in total. The molecule has 4 rings (SSSR count).